The molecule has 2 N–H and O–H groups in total. The number of fused-ring (bicyclic) bond motifs is 2. The van der Waals surface area contributed by atoms with Crippen molar-refractivity contribution < 1.29 is 23.9 Å². The van der Waals surface area contributed by atoms with Crippen LogP contribution in [0.25, 0.3) is 11.1 Å². The molecule has 4 aromatic rings. The molecule has 3 aliphatic rings. The van der Waals surface area contributed by atoms with Crippen molar-refractivity contribution in [1.29, 1.82) is 0 Å². The molecule has 1 aliphatic heterocycles. The number of carbonyl (C=O) groups is 2. The number of hydrogen-bond donors (Lipinski definition) is 2. The molecule has 0 saturated heterocycles. The van der Waals surface area contributed by atoms with Gasteiger partial charge >= 0.3 is 5.97 Å². The topological polar surface area (TPSA) is 107 Å². The van der Waals surface area contributed by atoms with Gasteiger partial charge in [0.1, 0.15) is 29.1 Å². The monoisotopic (exact) mass is 689 g/mol. The third-order valence-electron chi connectivity index (χ3n) is 9.33. The van der Waals surface area contributed by atoms with E-state index in [9.17, 15) is 9.59 Å². The molecular weight excluding hydrogens is 653 g/mol. The maximum Gasteiger partial charge on any atom is 0.327 e. The Bertz CT molecular complexity index is 1910. The van der Waals surface area contributed by atoms with Crippen LogP contribution in [0.4, 0.5) is 5.69 Å². The first-order chi connectivity index (χ1) is 23.2. The van der Waals surface area contributed by atoms with Gasteiger partial charge in [0.25, 0.3) is 5.91 Å². The van der Waals surface area contributed by atoms with Gasteiger partial charge in [0.15, 0.2) is 0 Å². The van der Waals surface area contributed by atoms with Crippen molar-refractivity contribution in [3.8, 4) is 22.6 Å². The minimum absolute atomic E-state index is 0.000344. The fourth-order valence-corrected chi connectivity index (χ4v) is 7.07. The molecule has 250 valence electrons. The lowest BCUT2D eigenvalue weighted by Crippen LogP contribution is -2.30. The minimum atomic E-state index is -0.281. The number of amides is 1. The predicted molar refractivity (Wildman–Crippen MR) is 183 cm³/mol. The number of carbonyl (C=O) groups excluding carboxylic acids is 2. The average Bonchev–Trinajstić information content (AvgIpc) is 3.78. The van der Waals surface area contributed by atoms with E-state index in [0.717, 1.165) is 78.1 Å². The van der Waals surface area contributed by atoms with Crippen molar-refractivity contribution in [3.05, 3.63) is 92.5 Å². The molecule has 3 aromatic carbocycles. The van der Waals surface area contributed by atoms with Gasteiger partial charge in [0.2, 0.25) is 0 Å². The number of ether oxygens (including phenoxy) is 2. The molecule has 7 rings (SSSR count). The first-order valence-corrected chi connectivity index (χ1v) is 16.9. The van der Waals surface area contributed by atoms with E-state index in [4.69, 9.17) is 37.5 Å². The van der Waals surface area contributed by atoms with Crippen LogP contribution in [0.3, 0.4) is 0 Å². The summed E-state index contributed by atoms with van der Waals surface area (Å²) in [4.78, 5) is 37.3. The highest BCUT2D eigenvalue weighted by atomic mass is 35.5. The summed E-state index contributed by atoms with van der Waals surface area (Å²) < 4.78 is 14.2. The molecule has 1 fully saturated rings. The number of nitrogens with zero attached hydrogens (tertiary/aromatic N) is 3. The lowest BCUT2D eigenvalue weighted by atomic mass is 9.96. The summed E-state index contributed by atoms with van der Waals surface area (Å²) in [6.45, 7) is 4.61. The zero-order valence-electron chi connectivity index (χ0n) is 27.1. The van der Waals surface area contributed by atoms with E-state index >= 15 is 0 Å². The second-order valence-corrected chi connectivity index (χ2v) is 13.4. The SMILES string of the molecule is COc1cc(OC2CCc3c(-c4cccc(NC(=O)c5nc6n(c5C)CCN(C)C6)c4Cl)cccc32)c(Cl)cc1CNOC(=O)C1CC1. The Labute approximate surface area is 289 Å². The second-order valence-electron chi connectivity index (χ2n) is 12.6. The molecule has 2 aliphatic carbocycles. The molecular formula is C36H37Cl2N5O5. The first kappa shape index (κ1) is 32.5. The molecule has 0 spiro atoms. The van der Waals surface area contributed by atoms with Crippen LogP contribution in [0.1, 0.15) is 64.1 Å². The second kappa shape index (κ2) is 13.4. The standard InChI is InChI=1S/C36H37Cl2N5O5/c1-20-34(41-32-19-42(2)14-15-43(20)32)35(44)40-28-9-5-8-26(33(28)38)23-6-4-7-25-24(23)12-13-29(25)47-31-17-30(46-3)22(16-27(31)37)18-39-48-36(45)21-10-11-21/h4-9,16-17,21,29,39H,10-15,18-19H2,1-3H3,(H,40,44). The maximum atomic E-state index is 13.4. The Morgan fingerprint density at radius 3 is 2.60 bits per heavy atom. The zero-order chi connectivity index (χ0) is 33.5. The number of hydrogen-bond acceptors (Lipinski definition) is 8. The number of nitrogens with one attached hydrogen (secondary N) is 2. The number of hydroxylamine groups is 1. The number of benzene rings is 3. The summed E-state index contributed by atoms with van der Waals surface area (Å²) in [5.74, 6) is 1.44. The van der Waals surface area contributed by atoms with Gasteiger partial charge in [-0.25, -0.2) is 4.98 Å². The number of aromatic nitrogens is 2. The number of imidazole rings is 1. The van der Waals surface area contributed by atoms with E-state index in [-0.39, 0.29) is 30.4 Å². The Morgan fingerprint density at radius 1 is 1.02 bits per heavy atom. The Morgan fingerprint density at radius 2 is 1.81 bits per heavy atom. The number of anilines is 1. The highest BCUT2D eigenvalue weighted by Crippen LogP contribution is 2.45. The third kappa shape index (κ3) is 6.37. The van der Waals surface area contributed by atoms with Crippen molar-refractivity contribution >= 4 is 40.8 Å². The summed E-state index contributed by atoms with van der Waals surface area (Å²) in [6.07, 6.45) is 3.04. The van der Waals surface area contributed by atoms with Gasteiger partial charge in [0, 0.05) is 36.0 Å². The Balaban J connectivity index is 1.09. The molecule has 1 unspecified atom stereocenters. The Hall–Kier alpha value is -4.09. The molecule has 1 amide bonds. The fourth-order valence-electron chi connectivity index (χ4n) is 6.56. The number of methoxy groups -OCH3 is 1. The van der Waals surface area contributed by atoms with Gasteiger partial charge in [-0.05, 0) is 68.5 Å². The van der Waals surface area contributed by atoms with Crippen LogP contribution in [-0.4, -0.2) is 47.0 Å². The van der Waals surface area contributed by atoms with Crippen LogP contribution in [0.2, 0.25) is 10.0 Å². The van der Waals surface area contributed by atoms with Crippen LogP contribution < -0.4 is 20.3 Å². The molecule has 48 heavy (non-hydrogen) atoms. The molecule has 10 nitrogen and oxygen atoms in total. The smallest absolute Gasteiger partial charge is 0.327 e. The van der Waals surface area contributed by atoms with Gasteiger partial charge in [0.05, 0.1) is 41.8 Å². The van der Waals surface area contributed by atoms with Crippen LogP contribution in [0, 0.1) is 12.8 Å². The molecule has 0 bridgehead atoms. The molecule has 2 heterocycles. The van der Waals surface area contributed by atoms with Crippen molar-refractivity contribution in [1.82, 2.24) is 19.9 Å². The Kier molecular flexibility index (Phi) is 9.08. The zero-order valence-corrected chi connectivity index (χ0v) is 28.6. The van der Waals surface area contributed by atoms with E-state index in [1.807, 2.05) is 44.3 Å². The summed E-state index contributed by atoms with van der Waals surface area (Å²) in [6, 6.07) is 15.3. The summed E-state index contributed by atoms with van der Waals surface area (Å²) >= 11 is 13.7. The fraction of sp³-hybridized carbons (Fsp3) is 0.361. The van der Waals surface area contributed by atoms with Gasteiger partial charge in [-0.15, -0.1) is 5.48 Å². The lowest BCUT2D eigenvalue weighted by molar-refractivity contribution is -0.153. The van der Waals surface area contributed by atoms with Gasteiger partial charge in [-0.3, -0.25) is 14.5 Å². The number of likely N-dealkylation sites (N-methyl/N-ethyl adjacent to an activating group) is 1. The largest absolute Gasteiger partial charge is 0.496 e. The van der Waals surface area contributed by atoms with E-state index in [2.05, 4.69) is 31.3 Å². The van der Waals surface area contributed by atoms with Crippen LogP contribution in [0.5, 0.6) is 11.5 Å². The van der Waals surface area contributed by atoms with E-state index < -0.39 is 0 Å². The molecule has 12 heteroatoms. The van der Waals surface area contributed by atoms with Gasteiger partial charge in [-0.2, -0.15) is 0 Å². The number of halogens is 2. The van der Waals surface area contributed by atoms with Crippen LogP contribution in [-0.2, 0) is 35.7 Å². The van der Waals surface area contributed by atoms with Crippen LogP contribution in [0.15, 0.2) is 48.5 Å². The van der Waals surface area contributed by atoms with E-state index in [1.54, 1.807) is 19.2 Å². The van der Waals surface area contributed by atoms with E-state index in [0.29, 0.717) is 39.5 Å². The summed E-state index contributed by atoms with van der Waals surface area (Å²) in [7, 11) is 3.63. The van der Waals surface area contributed by atoms with Crippen molar-refractivity contribution in [3.63, 3.8) is 0 Å². The highest BCUT2D eigenvalue weighted by Gasteiger charge is 2.32. The van der Waals surface area contributed by atoms with Crippen molar-refractivity contribution in [2.75, 3.05) is 26.0 Å². The quantitative estimate of drug-likeness (QED) is 0.173. The number of rotatable bonds is 10. The third-order valence-corrected chi connectivity index (χ3v) is 10.0. The molecule has 0 radical (unpaired) electrons. The minimum Gasteiger partial charge on any atom is -0.496 e. The van der Waals surface area contributed by atoms with Crippen molar-refractivity contribution in [2.45, 2.75) is 58.3 Å². The molecule has 1 atom stereocenters. The van der Waals surface area contributed by atoms with E-state index in [1.165, 1.54) is 0 Å². The van der Waals surface area contributed by atoms with Gasteiger partial charge < -0.3 is 24.2 Å². The first-order valence-electron chi connectivity index (χ1n) is 16.1. The maximum absolute atomic E-state index is 13.4. The summed E-state index contributed by atoms with van der Waals surface area (Å²) in [5, 5.41) is 3.91. The van der Waals surface area contributed by atoms with Crippen LogP contribution >= 0.6 is 23.2 Å². The predicted octanol–water partition coefficient (Wildman–Crippen LogP) is 6.90. The van der Waals surface area contributed by atoms with Gasteiger partial charge in [-0.1, -0.05) is 53.5 Å². The highest BCUT2D eigenvalue weighted by molar-refractivity contribution is 6.36. The molecule has 1 saturated carbocycles. The van der Waals surface area contributed by atoms with Crippen molar-refractivity contribution in [2.24, 2.45) is 5.92 Å². The normalized spacial score (nSPS) is 17.1. The summed E-state index contributed by atoms with van der Waals surface area (Å²) in [5.41, 5.74) is 9.27. The molecule has 1 aromatic heterocycles. The lowest BCUT2D eigenvalue weighted by Gasteiger charge is -2.23. The average molecular weight is 691 g/mol.